The molecule has 0 radical (unpaired) electrons. The Labute approximate surface area is 182 Å². The van der Waals surface area contributed by atoms with E-state index in [1.54, 1.807) is 43.3 Å². The lowest BCUT2D eigenvalue weighted by molar-refractivity contribution is -0.139. The molecule has 166 valence electrons. The molecular formula is C24H29FN2O4. The molecule has 2 aromatic rings. The zero-order chi connectivity index (χ0) is 22.4. The predicted molar refractivity (Wildman–Crippen MR) is 115 cm³/mol. The van der Waals surface area contributed by atoms with Gasteiger partial charge in [-0.1, -0.05) is 24.3 Å². The standard InChI is InChI=1S/C24H29FN2O4/c1-4-30-24(29)21-7-5-6-8-22(21)31-16-23(28)27-14-17(2)26(13-18(27)3)15-19-9-11-20(25)12-10-19/h5-12,17-18H,4,13-16H2,1-3H3. The zero-order valence-electron chi connectivity index (χ0n) is 18.2. The van der Waals surface area contributed by atoms with Crippen LogP contribution in [0.15, 0.2) is 48.5 Å². The van der Waals surface area contributed by atoms with Gasteiger partial charge in [-0.15, -0.1) is 0 Å². The quantitative estimate of drug-likeness (QED) is 0.632. The number of para-hydroxylation sites is 1. The maximum atomic E-state index is 13.2. The number of ether oxygens (including phenoxy) is 2. The molecule has 3 rings (SSSR count). The molecular weight excluding hydrogens is 399 g/mol. The van der Waals surface area contributed by atoms with Gasteiger partial charge in [0.2, 0.25) is 0 Å². The number of hydrogen-bond acceptors (Lipinski definition) is 5. The minimum atomic E-state index is -0.470. The summed E-state index contributed by atoms with van der Waals surface area (Å²) in [6, 6.07) is 13.4. The highest BCUT2D eigenvalue weighted by atomic mass is 19.1. The van der Waals surface area contributed by atoms with E-state index in [1.165, 1.54) is 12.1 Å². The van der Waals surface area contributed by atoms with E-state index in [4.69, 9.17) is 9.47 Å². The lowest BCUT2D eigenvalue weighted by Crippen LogP contribution is -2.58. The number of carbonyl (C=O) groups is 2. The zero-order valence-corrected chi connectivity index (χ0v) is 18.2. The summed E-state index contributed by atoms with van der Waals surface area (Å²) in [5, 5.41) is 0. The van der Waals surface area contributed by atoms with E-state index in [-0.39, 0.29) is 37.0 Å². The van der Waals surface area contributed by atoms with Crippen molar-refractivity contribution in [3.63, 3.8) is 0 Å². The van der Waals surface area contributed by atoms with E-state index in [1.807, 2.05) is 11.8 Å². The molecule has 1 aliphatic heterocycles. The highest BCUT2D eigenvalue weighted by Gasteiger charge is 2.32. The molecule has 0 bridgehead atoms. The van der Waals surface area contributed by atoms with Crippen molar-refractivity contribution in [1.82, 2.24) is 9.80 Å². The van der Waals surface area contributed by atoms with Crippen LogP contribution in [0.1, 0.15) is 36.7 Å². The van der Waals surface area contributed by atoms with Gasteiger partial charge in [0, 0.05) is 31.7 Å². The number of benzene rings is 2. The molecule has 1 heterocycles. The SMILES string of the molecule is CCOC(=O)c1ccccc1OCC(=O)N1CC(C)N(Cc2ccc(F)cc2)CC1C. The summed E-state index contributed by atoms with van der Waals surface area (Å²) >= 11 is 0. The Kier molecular flexibility index (Phi) is 7.63. The maximum absolute atomic E-state index is 13.2. The van der Waals surface area contributed by atoms with Crippen molar-refractivity contribution in [3.8, 4) is 5.75 Å². The maximum Gasteiger partial charge on any atom is 0.341 e. The fourth-order valence-corrected chi connectivity index (χ4v) is 3.78. The number of carbonyl (C=O) groups excluding carboxylic acids is 2. The van der Waals surface area contributed by atoms with Crippen LogP contribution >= 0.6 is 0 Å². The lowest BCUT2D eigenvalue weighted by Gasteiger charge is -2.44. The fourth-order valence-electron chi connectivity index (χ4n) is 3.78. The van der Waals surface area contributed by atoms with Gasteiger partial charge in [0.15, 0.2) is 6.61 Å². The van der Waals surface area contributed by atoms with Crippen molar-refractivity contribution < 1.29 is 23.5 Å². The summed E-state index contributed by atoms with van der Waals surface area (Å²) in [6.07, 6.45) is 0. The van der Waals surface area contributed by atoms with Crippen molar-refractivity contribution in [2.45, 2.75) is 39.4 Å². The summed E-state index contributed by atoms with van der Waals surface area (Å²) in [6.45, 7) is 7.93. The summed E-state index contributed by atoms with van der Waals surface area (Å²) in [5.74, 6) is -0.503. The van der Waals surface area contributed by atoms with Gasteiger partial charge in [0.05, 0.1) is 6.61 Å². The Morgan fingerprint density at radius 3 is 2.45 bits per heavy atom. The normalized spacial score (nSPS) is 19.2. The number of hydrogen-bond donors (Lipinski definition) is 0. The Hall–Kier alpha value is -2.93. The third kappa shape index (κ3) is 5.82. The topological polar surface area (TPSA) is 59.1 Å². The minimum Gasteiger partial charge on any atom is -0.483 e. The van der Waals surface area contributed by atoms with Gasteiger partial charge in [-0.3, -0.25) is 9.69 Å². The first-order valence-electron chi connectivity index (χ1n) is 10.6. The molecule has 2 atom stereocenters. The van der Waals surface area contributed by atoms with Crippen molar-refractivity contribution in [1.29, 1.82) is 0 Å². The van der Waals surface area contributed by atoms with Crippen LogP contribution in [0.5, 0.6) is 5.75 Å². The van der Waals surface area contributed by atoms with Crippen LogP contribution in [0.2, 0.25) is 0 Å². The molecule has 0 aromatic heterocycles. The highest BCUT2D eigenvalue weighted by Crippen LogP contribution is 2.21. The molecule has 1 fully saturated rings. The van der Waals surface area contributed by atoms with Crippen LogP contribution in [-0.4, -0.2) is 60.1 Å². The third-order valence-electron chi connectivity index (χ3n) is 5.47. The number of piperazine rings is 1. The summed E-state index contributed by atoms with van der Waals surface area (Å²) < 4.78 is 23.9. The fraction of sp³-hybridized carbons (Fsp3) is 0.417. The second kappa shape index (κ2) is 10.4. The van der Waals surface area contributed by atoms with E-state index >= 15 is 0 Å². The predicted octanol–water partition coefficient (Wildman–Crippen LogP) is 3.50. The second-order valence-corrected chi connectivity index (χ2v) is 7.81. The number of esters is 1. The Balaban J connectivity index is 1.58. The number of amides is 1. The monoisotopic (exact) mass is 428 g/mol. The van der Waals surface area contributed by atoms with E-state index in [0.29, 0.717) is 30.9 Å². The molecule has 2 aromatic carbocycles. The number of rotatable bonds is 7. The van der Waals surface area contributed by atoms with Crippen LogP contribution in [0.3, 0.4) is 0 Å². The van der Waals surface area contributed by atoms with Gasteiger partial charge in [-0.2, -0.15) is 0 Å². The van der Waals surface area contributed by atoms with Gasteiger partial charge in [0.25, 0.3) is 5.91 Å². The van der Waals surface area contributed by atoms with Crippen LogP contribution in [0, 0.1) is 5.82 Å². The van der Waals surface area contributed by atoms with Gasteiger partial charge in [0.1, 0.15) is 17.1 Å². The van der Waals surface area contributed by atoms with Gasteiger partial charge < -0.3 is 14.4 Å². The van der Waals surface area contributed by atoms with Gasteiger partial charge in [-0.25, -0.2) is 9.18 Å². The molecule has 31 heavy (non-hydrogen) atoms. The Morgan fingerprint density at radius 2 is 1.74 bits per heavy atom. The molecule has 1 saturated heterocycles. The largest absolute Gasteiger partial charge is 0.483 e. The highest BCUT2D eigenvalue weighted by molar-refractivity contribution is 5.92. The third-order valence-corrected chi connectivity index (χ3v) is 5.47. The lowest BCUT2D eigenvalue weighted by atomic mass is 10.1. The van der Waals surface area contributed by atoms with Crippen LogP contribution in [0.25, 0.3) is 0 Å². The number of halogens is 1. The van der Waals surface area contributed by atoms with E-state index in [2.05, 4.69) is 11.8 Å². The molecule has 0 saturated carbocycles. The molecule has 0 spiro atoms. The molecule has 1 amide bonds. The van der Waals surface area contributed by atoms with Crippen molar-refractivity contribution in [2.75, 3.05) is 26.3 Å². The van der Waals surface area contributed by atoms with E-state index in [9.17, 15) is 14.0 Å². The van der Waals surface area contributed by atoms with Crippen molar-refractivity contribution >= 4 is 11.9 Å². The van der Waals surface area contributed by atoms with Crippen LogP contribution in [-0.2, 0) is 16.1 Å². The molecule has 1 aliphatic rings. The van der Waals surface area contributed by atoms with Crippen LogP contribution < -0.4 is 4.74 Å². The van der Waals surface area contributed by atoms with E-state index < -0.39 is 5.97 Å². The van der Waals surface area contributed by atoms with E-state index in [0.717, 1.165) is 5.56 Å². The average molecular weight is 429 g/mol. The van der Waals surface area contributed by atoms with Gasteiger partial charge >= 0.3 is 5.97 Å². The van der Waals surface area contributed by atoms with Crippen molar-refractivity contribution in [3.05, 3.63) is 65.5 Å². The smallest absolute Gasteiger partial charge is 0.341 e. The summed E-state index contributed by atoms with van der Waals surface area (Å²) in [7, 11) is 0. The first kappa shape index (κ1) is 22.7. The van der Waals surface area contributed by atoms with Crippen molar-refractivity contribution in [2.24, 2.45) is 0 Å². The second-order valence-electron chi connectivity index (χ2n) is 7.81. The van der Waals surface area contributed by atoms with Gasteiger partial charge in [-0.05, 0) is 50.6 Å². The Bertz CT molecular complexity index is 903. The van der Waals surface area contributed by atoms with Crippen LogP contribution in [0.4, 0.5) is 4.39 Å². The molecule has 7 heteroatoms. The molecule has 0 N–H and O–H groups in total. The summed E-state index contributed by atoms with van der Waals surface area (Å²) in [4.78, 5) is 29.1. The minimum absolute atomic E-state index is 0.00745. The first-order valence-corrected chi connectivity index (χ1v) is 10.6. The molecule has 6 nitrogen and oxygen atoms in total. The summed E-state index contributed by atoms with van der Waals surface area (Å²) in [5.41, 5.74) is 1.35. The number of nitrogens with zero attached hydrogens (tertiary/aromatic N) is 2. The average Bonchev–Trinajstić information content (AvgIpc) is 2.76. The molecule has 0 aliphatic carbocycles. The first-order chi connectivity index (χ1) is 14.9. The Morgan fingerprint density at radius 1 is 1.03 bits per heavy atom. The molecule has 2 unspecified atom stereocenters.